The summed E-state index contributed by atoms with van der Waals surface area (Å²) in [5, 5.41) is 18.8. The first-order chi connectivity index (χ1) is 5.07. The van der Waals surface area contributed by atoms with Gasteiger partial charge in [-0.3, -0.25) is 9.59 Å². The van der Waals surface area contributed by atoms with Crippen LogP contribution in [0.4, 0.5) is 0 Å². The molecule has 5 N–H and O–H groups in total. The molecule has 0 aliphatic heterocycles. The lowest BCUT2D eigenvalue weighted by atomic mass is 10.3. The van der Waals surface area contributed by atoms with Crippen LogP contribution in [0.15, 0.2) is 0 Å². The zero-order valence-corrected chi connectivity index (χ0v) is 5.78. The van der Waals surface area contributed by atoms with Crippen molar-refractivity contribution in [3.63, 3.8) is 0 Å². The van der Waals surface area contributed by atoms with Crippen LogP contribution in [0.3, 0.4) is 0 Å². The third-order valence-corrected chi connectivity index (χ3v) is 0.940. The number of carbonyl (C=O) groups excluding carboxylic acids is 1. The van der Waals surface area contributed by atoms with Crippen LogP contribution in [0, 0.1) is 0 Å². The maximum absolute atomic E-state index is 10.6. The first-order valence-electron chi connectivity index (χ1n) is 2.95. The van der Waals surface area contributed by atoms with E-state index in [4.69, 9.17) is 15.9 Å². The number of rotatable bonds is 4. The van der Waals surface area contributed by atoms with E-state index >= 15 is 0 Å². The molecule has 0 rings (SSSR count). The molecule has 6 nitrogen and oxygen atoms in total. The van der Waals surface area contributed by atoms with Gasteiger partial charge in [-0.1, -0.05) is 0 Å². The molecule has 0 aromatic carbocycles. The molecule has 0 saturated carbocycles. The number of aliphatic carboxylic acids is 1. The number of hydrogen-bond donors (Lipinski definition) is 4. The topological polar surface area (TPSA) is 113 Å². The fourth-order valence-corrected chi connectivity index (χ4v) is 0.388. The number of carboxylic acids is 1. The van der Waals surface area contributed by atoms with E-state index in [9.17, 15) is 9.59 Å². The van der Waals surface area contributed by atoms with E-state index in [2.05, 4.69) is 0 Å². The van der Waals surface area contributed by atoms with Gasteiger partial charge in [-0.25, -0.2) is 0 Å². The number of aliphatic hydroxyl groups excluding tert-OH is 1. The van der Waals surface area contributed by atoms with Gasteiger partial charge in [0, 0.05) is 6.54 Å². The van der Waals surface area contributed by atoms with Gasteiger partial charge in [0.05, 0.1) is 0 Å². The van der Waals surface area contributed by atoms with Crippen LogP contribution < -0.4 is 11.1 Å². The first kappa shape index (κ1) is 9.86. The Bertz CT molecular complexity index is 159. The van der Waals surface area contributed by atoms with Crippen LogP contribution in [-0.4, -0.2) is 41.3 Å². The quantitative estimate of drug-likeness (QED) is 0.365. The number of amides is 1. The van der Waals surface area contributed by atoms with Crippen LogP contribution in [0.1, 0.15) is 0 Å². The van der Waals surface area contributed by atoms with Gasteiger partial charge in [0.1, 0.15) is 12.6 Å². The van der Waals surface area contributed by atoms with Gasteiger partial charge in [0.25, 0.3) is 5.91 Å². The van der Waals surface area contributed by atoms with Crippen LogP contribution in [-0.2, 0) is 9.59 Å². The highest BCUT2D eigenvalue weighted by atomic mass is 16.4. The first-order valence-corrected chi connectivity index (χ1v) is 2.95. The molecule has 0 heterocycles. The number of carboxylic acid groups (broad SMARTS) is 1. The molecular formula is C5H10N2O4. The van der Waals surface area contributed by atoms with Gasteiger partial charge < -0.3 is 21.3 Å². The van der Waals surface area contributed by atoms with E-state index in [1.54, 1.807) is 0 Å². The zero-order chi connectivity index (χ0) is 8.85. The van der Waals surface area contributed by atoms with Crippen molar-refractivity contribution in [2.45, 2.75) is 6.10 Å². The molecule has 0 saturated heterocycles. The third kappa shape index (κ3) is 4.29. The molecular weight excluding hydrogens is 152 g/mol. The monoisotopic (exact) mass is 162 g/mol. The Hall–Kier alpha value is -1.14. The van der Waals surface area contributed by atoms with Crippen LogP contribution in [0.2, 0.25) is 0 Å². The van der Waals surface area contributed by atoms with Crippen LogP contribution in [0.5, 0.6) is 0 Å². The van der Waals surface area contributed by atoms with Crippen molar-refractivity contribution in [2.24, 2.45) is 5.73 Å². The minimum atomic E-state index is -1.32. The van der Waals surface area contributed by atoms with Gasteiger partial charge in [-0.2, -0.15) is 0 Å². The maximum Gasteiger partial charge on any atom is 0.322 e. The molecule has 0 aromatic heterocycles. The molecule has 0 aliphatic carbocycles. The van der Waals surface area contributed by atoms with Crippen molar-refractivity contribution >= 4 is 11.9 Å². The van der Waals surface area contributed by atoms with Crippen LogP contribution >= 0.6 is 0 Å². The van der Waals surface area contributed by atoms with Crippen molar-refractivity contribution in [3.8, 4) is 0 Å². The van der Waals surface area contributed by atoms with Crippen molar-refractivity contribution in [3.05, 3.63) is 0 Å². The van der Waals surface area contributed by atoms with E-state index in [-0.39, 0.29) is 6.54 Å². The van der Waals surface area contributed by atoms with E-state index in [0.717, 1.165) is 0 Å². The maximum atomic E-state index is 10.6. The highest BCUT2D eigenvalue weighted by molar-refractivity contribution is 5.84. The normalized spacial score (nSPS) is 12.2. The van der Waals surface area contributed by atoms with E-state index in [0.29, 0.717) is 0 Å². The molecule has 11 heavy (non-hydrogen) atoms. The Labute approximate surface area is 63.0 Å². The number of nitrogens with one attached hydrogen (secondary N) is 1. The summed E-state index contributed by atoms with van der Waals surface area (Å²) in [5.74, 6) is -1.93. The Kier molecular flexibility index (Phi) is 4.16. The number of nitrogens with two attached hydrogens (primary N) is 1. The summed E-state index contributed by atoms with van der Waals surface area (Å²) in [6.45, 7) is -0.721. The molecule has 1 amide bonds. The van der Waals surface area contributed by atoms with Gasteiger partial charge >= 0.3 is 5.97 Å². The smallest absolute Gasteiger partial charge is 0.322 e. The Morgan fingerprint density at radius 1 is 1.55 bits per heavy atom. The number of hydrogen-bond acceptors (Lipinski definition) is 4. The van der Waals surface area contributed by atoms with Gasteiger partial charge in [0.2, 0.25) is 0 Å². The fraction of sp³-hybridized carbons (Fsp3) is 0.600. The van der Waals surface area contributed by atoms with Crippen LogP contribution in [0.25, 0.3) is 0 Å². The molecule has 0 spiro atoms. The SMILES string of the molecule is NCC(O)C(=O)NCC(=O)O. The predicted octanol–water partition coefficient (Wildman–Crippen LogP) is -2.49. The molecule has 1 unspecified atom stereocenters. The molecule has 0 radical (unpaired) electrons. The zero-order valence-electron chi connectivity index (χ0n) is 5.78. The summed E-state index contributed by atoms with van der Waals surface area (Å²) < 4.78 is 0. The summed E-state index contributed by atoms with van der Waals surface area (Å²) in [5.41, 5.74) is 4.92. The van der Waals surface area contributed by atoms with E-state index in [1.807, 2.05) is 5.32 Å². The average molecular weight is 162 g/mol. The summed E-state index contributed by atoms with van der Waals surface area (Å²) in [4.78, 5) is 20.5. The molecule has 6 heteroatoms. The largest absolute Gasteiger partial charge is 0.480 e. The Morgan fingerprint density at radius 3 is 2.45 bits per heavy atom. The standard InChI is InChI=1S/C5H10N2O4/c6-1-3(8)5(11)7-2-4(9)10/h3,8H,1-2,6H2,(H,7,11)(H,9,10). The summed E-state index contributed by atoms with van der Waals surface area (Å²) in [6, 6.07) is 0. The fourth-order valence-electron chi connectivity index (χ4n) is 0.388. The lowest BCUT2D eigenvalue weighted by molar-refractivity contribution is -0.139. The van der Waals surface area contributed by atoms with E-state index in [1.165, 1.54) is 0 Å². The summed E-state index contributed by atoms with van der Waals surface area (Å²) >= 11 is 0. The average Bonchev–Trinajstić information content (AvgIpc) is 1.98. The molecule has 0 aromatic rings. The lowest BCUT2D eigenvalue weighted by Crippen LogP contribution is -2.41. The van der Waals surface area contributed by atoms with Crippen molar-refractivity contribution in [1.29, 1.82) is 0 Å². The summed E-state index contributed by atoms with van der Waals surface area (Å²) in [6.07, 6.45) is -1.32. The molecule has 0 fully saturated rings. The third-order valence-electron chi connectivity index (χ3n) is 0.940. The summed E-state index contributed by atoms with van der Waals surface area (Å²) in [7, 11) is 0. The molecule has 0 bridgehead atoms. The van der Waals surface area contributed by atoms with Crippen molar-refractivity contribution in [2.75, 3.05) is 13.1 Å². The number of carbonyl (C=O) groups is 2. The Balaban J connectivity index is 3.60. The minimum absolute atomic E-state index is 0.217. The Morgan fingerprint density at radius 2 is 2.09 bits per heavy atom. The van der Waals surface area contributed by atoms with Crippen molar-refractivity contribution in [1.82, 2.24) is 5.32 Å². The molecule has 1 atom stereocenters. The molecule has 0 aliphatic rings. The second-order valence-corrected chi connectivity index (χ2v) is 1.86. The predicted molar refractivity (Wildman–Crippen MR) is 35.7 cm³/mol. The minimum Gasteiger partial charge on any atom is -0.480 e. The van der Waals surface area contributed by atoms with E-state index < -0.39 is 24.5 Å². The molecule has 64 valence electrons. The highest BCUT2D eigenvalue weighted by Crippen LogP contribution is 1.77. The number of aliphatic hydroxyl groups is 1. The van der Waals surface area contributed by atoms with Crippen molar-refractivity contribution < 1.29 is 19.8 Å². The van der Waals surface area contributed by atoms with Gasteiger partial charge in [-0.15, -0.1) is 0 Å². The highest BCUT2D eigenvalue weighted by Gasteiger charge is 2.12. The lowest BCUT2D eigenvalue weighted by Gasteiger charge is -2.05. The second kappa shape index (κ2) is 4.64. The van der Waals surface area contributed by atoms with Gasteiger partial charge in [-0.05, 0) is 0 Å². The van der Waals surface area contributed by atoms with Gasteiger partial charge in [0.15, 0.2) is 0 Å². The second-order valence-electron chi connectivity index (χ2n) is 1.86.